The first-order valence-corrected chi connectivity index (χ1v) is 10.8. The largest absolute Gasteiger partial charge is 0.452 e. The average Bonchev–Trinajstić information content (AvgIpc) is 3.16. The van der Waals surface area contributed by atoms with Crippen molar-refractivity contribution in [2.45, 2.75) is 52.6 Å². The van der Waals surface area contributed by atoms with Gasteiger partial charge in [-0.05, 0) is 49.9 Å². The van der Waals surface area contributed by atoms with Crippen molar-refractivity contribution in [3.63, 3.8) is 0 Å². The van der Waals surface area contributed by atoms with E-state index >= 15 is 0 Å². The number of nitrogens with one attached hydrogen (secondary N) is 1. The lowest BCUT2D eigenvalue weighted by Gasteiger charge is -2.23. The highest BCUT2D eigenvalue weighted by Gasteiger charge is 2.38. The van der Waals surface area contributed by atoms with Gasteiger partial charge in [0.2, 0.25) is 5.91 Å². The molecule has 3 rings (SSSR count). The molecule has 3 atom stereocenters. The second-order valence-corrected chi connectivity index (χ2v) is 8.21. The molecule has 6 heteroatoms. The molecule has 1 aliphatic rings. The Bertz CT molecular complexity index is 954. The number of hydrogen-bond acceptors (Lipinski definition) is 4. The molecule has 0 saturated carbocycles. The van der Waals surface area contributed by atoms with Crippen molar-refractivity contribution >= 4 is 29.2 Å². The summed E-state index contributed by atoms with van der Waals surface area (Å²) in [7, 11) is 0. The van der Waals surface area contributed by atoms with Gasteiger partial charge in [0.1, 0.15) is 0 Å². The summed E-state index contributed by atoms with van der Waals surface area (Å²) in [4.78, 5) is 39.4. The summed E-state index contributed by atoms with van der Waals surface area (Å²) in [6.07, 6.45) is 0.0864. The maximum absolute atomic E-state index is 12.7. The summed E-state index contributed by atoms with van der Waals surface area (Å²) >= 11 is 0. The number of hydrogen-bond donors (Lipinski definition) is 1. The minimum absolute atomic E-state index is 0.0833. The number of aryl methyl sites for hydroxylation is 1. The predicted molar refractivity (Wildman–Crippen MR) is 121 cm³/mol. The number of para-hydroxylation sites is 1. The van der Waals surface area contributed by atoms with E-state index in [0.717, 1.165) is 23.2 Å². The number of carbonyl (C=O) groups is 3. The van der Waals surface area contributed by atoms with Gasteiger partial charge in [-0.1, -0.05) is 49.7 Å². The summed E-state index contributed by atoms with van der Waals surface area (Å²) in [5.74, 6) is -1.31. The minimum atomic E-state index is -0.953. The molecule has 0 aromatic heterocycles. The van der Waals surface area contributed by atoms with E-state index < -0.39 is 23.9 Å². The molecular formula is C25H30N2O4. The summed E-state index contributed by atoms with van der Waals surface area (Å²) < 4.78 is 5.39. The Hall–Kier alpha value is -3.15. The Balaban J connectivity index is 1.62. The van der Waals surface area contributed by atoms with Crippen LogP contribution in [0.25, 0.3) is 0 Å². The van der Waals surface area contributed by atoms with Gasteiger partial charge in [0.15, 0.2) is 6.10 Å². The van der Waals surface area contributed by atoms with Crippen molar-refractivity contribution in [2.24, 2.45) is 5.92 Å². The molecule has 2 amide bonds. The van der Waals surface area contributed by atoms with Crippen LogP contribution in [-0.2, 0) is 19.1 Å². The quantitative estimate of drug-likeness (QED) is 0.670. The highest BCUT2D eigenvalue weighted by Crippen LogP contribution is 2.33. The Morgan fingerprint density at radius 3 is 2.48 bits per heavy atom. The molecule has 0 spiro atoms. The smallest absolute Gasteiger partial charge is 0.312 e. The zero-order chi connectivity index (χ0) is 22.5. The van der Waals surface area contributed by atoms with E-state index in [-0.39, 0.29) is 18.9 Å². The van der Waals surface area contributed by atoms with E-state index in [0.29, 0.717) is 11.6 Å². The third-order valence-corrected chi connectivity index (χ3v) is 5.81. The zero-order valence-corrected chi connectivity index (χ0v) is 18.6. The van der Waals surface area contributed by atoms with Gasteiger partial charge in [-0.25, -0.2) is 0 Å². The molecular weight excluding hydrogens is 392 g/mol. The number of benzene rings is 2. The summed E-state index contributed by atoms with van der Waals surface area (Å²) in [5.41, 5.74) is 3.67. The monoisotopic (exact) mass is 422 g/mol. The van der Waals surface area contributed by atoms with E-state index in [9.17, 15) is 14.4 Å². The van der Waals surface area contributed by atoms with Crippen molar-refractivity contribution in [1.29, 1.82) is 0 Å². The molecule has 1 N–H and O–H groups in total. The number of carbonyl (C=O) groups excluding carboxylic acids is 3. The molecule has 2 aromatic carbocycles. The highest BCUT2D eigenvalue weighted by atomic mass is 16.5. The van der Waals surface area contributed by atoms with Crippen LogP contribution in [0.15, 0.2) is 48.5 Å². The first kappa shape index (κ1) is 22.5. The topological polar surface area (TPSA) is 75.7 Å². The number of amides is 2. The molecule has 0 bridgehead atoms. The van der Waals surface area contributed by atoms with Crippen molar-refractivity contribution in [3.05, 3.63) is 59.7 Å². The maximum atomic E-state index is 12.7. The van der Waals surface area contributed by atoms with Gasteiger partial charge in [-0.2, -0.15) is 0 Å². The lowest BCUT2D eigenvalue weighted by Crippen LogP contribution is -2.33. The first-order valence-electron chi connectivity index (χ1n) is 10.8. The van der Waals surface area contributed by atoms with Crippen LogP contribution in [-0.4, -0.2) is 30.4 Å². The minimum Gasteiger partial charge on any atom is -0.452 e. The van der Waals surface area contributed by atoms with Crippen LogP contribution in [0.4, 0.5) is 11.4 Å². The molecule has 1 fully saturated rings. The standard InChI is InChI=1S/C25H30N2O4/c1-5-17(3)21-8-6-7-9-22(21)27-15-19(14-23(27)28)25(30)31-18(4)24(29)26-20-12-10-16(2)11-13-20/h6-13,17-19H,5,14-15H2,1-4H3,(H,26,29)/t17-,18+,19+/m1/s1. The lowest BCUT2D eigenvalue weighted by atomic mass is 9.96. The Morgan fingerprint density at radius 1 is 1.13 bits per heavy atom. The van der Waals surface area contributed by atoms with Crippen LogP contribution in [0.5, 0.6) is 0 Å². The van der Waals surface area contributed by atoms with E-state index in [2.05, 4.69) is 19.2 Å². The molecule has 31 heavy (non-hydrogen) atoms. The van der Waals surface area contributed by atoms with Gasteiger partial charge in [0, 0.05) is 24.3 Å². The zero-order valence-electron chi connectivity index (χ0n) is 18.6. The van der Waals surface area contributed by atoms with Crippen LogP contribution in [0.3, 0.4) is 0 Å². The predicted octanol–water partition coefficient (Wildman–Crippen LogP) is 4.43. The molecule has 0 unspecified atom stereocenters. The van der Waals surface area contributed by atoms with Crippen LogP contribution in [0, 0.1) is 12.8 Å². The molecule has 1 aliphatic heterocycles. The lowest BCUT2D eigenvalue weighted by molar-refractivity contribution is -0.157. The number of rotatable bonds is 7. The van der Waals surface area contributed by atoms with Gasteiger partial charge >= 0.3 is 5.97 Å². The highest BCUT2D eigenvalue weighted by molar-refractivity contribution is 6.01. The fourth-order valence-electron chi connectivity index (χ4n) is 3.67. The van der Waals surface area contributed by atoms with Crippen molar-refractivity contribution in [1.82, 2.24) is 0 Å². The SMILES string of the molecule is CC[C@@H](C)c1ccccc1N1C[C@@H](C(=O)O[C@@H](C)C(=O)Nc2ccc(C)cc2)CC1=O. The third-order valence-electron chi connectivity index (χ3n) is 5.81. The molecule has 0 aliphatic carbocycles. The summed E-state index contributed by atoms with van der Waals surface area (Å²) in [6.45, 7) is 7.99. The second kappa shape index (κ2) is 9.77. The molecule has 6 nitrogen and oxygen atoms in total. The van der Waals surface area contributed by atoms with E-state index in [1.807, 2.05) is 43.3 Å². The van der Waals surface area contributed by atoms with E-state index in [1.165, 1.54) is 6.92 Å². The van der Waals surface area contributed by atoms with E-state index in [1.54, 1.807) is 17.0 Å². The number of nitrogens with zero attached hydrogens (tertiary/aromatic N) is 1. The van der Waals surface area contributed by atoms with E-state index in [4.69, 9.17) is 4.74 Å². The summed E-state index contributed by atoms with van der Waals surface area (Å²) in [5, 5.41) is 2.74. The third kappa shape index (κ3) is 5.32. The maximum Gasteiger partial charge on any atom is 0.312 e. The second-order valence-electron chi connectivity index (χ2n) is 8.21. The fourth-order valence-corrected chi connectivity index (χ4v) is 3.67. The van der Waals surface area contributed by atoms with Gasteiger partial charge in [0.05, 0.1) is 5.92 Å². The van der Waals surface area contributed by atoms with Gasteiger partial charge in [-0.3, -0.25) is 14.4 Å². The van der Waals surface area contributed by atoms with Crippen LogP contribution in [0.2, 0.25) is 0 Å². The number of anilines is 2. The Kier molecular flexibility index (Phi) is 7.10. The van der Waals surface area contributed by atoms with Gasteiger partial charge in [0.25, 0.3) is 5.91 Å². The van der Waals surface area contributed by atoms with Gasteiger partial charge < -0.3 is 15.0 Å². The Morgan fingerprint density at radius 2 is 1.81 bits per heavy atom. The van der Waals surface area contributed by atoms with Crippen LogP contribution < -0.4 is 10.2 Å². The van der Waals surface area contributed by atoms with Gasteiger partial charge in [-0.15, -0.1) is 0 Å². The fraction of sp³-hybridized carbons (Fsp3) is 0.400. The molecule has 2 aromatic rings. The average molecular weight is 423 g/mol. The van der Waals surface area contributed by atoms with Crippen molar-refractivity contribution in [2.75, 3.05) is 16.8 Å². The molecule has 0 radical (unpaired) electrons. The Labute approximate surface area is 183 Å². The van der Waals surface area contributed by atoms with Crippen molar-refractivity contribution < 1.29 is 19.1 Å². The number of esters is 1. The molecule has 1 heterocycles. The van der Waals surface area contributed by atoms with Crippen LogP contribution in [0.1, 0.15) is 50.7 Å². The molecule has 164 valence electrons. The van der Waals surface area contributed by atoms with Crippen LogP contribution >= 0.6 is 0 Å². The normalized spacial score (nSPS) is 17.9. The first-order chi connectivity index (χ1) is 14.8. The summed E-state index contributed by atoms with van der Waals surface area (Å²) in [6, 6.07) is 15.2. The molecule has 1 saturated heterocycles. The van der Waals surface area contributed by atoms with Crippen molar-refractivity contribution in [3.8, 4) is 0 Å². The number of ether oxygens (including phenoxy) is 1.